The van der Waals surface area contributed by atoms with Gasteiger partial charge in [0.05, 0.1) is 17.9 Å². The second-order valence-electron chi connectivity index (χ2n) is 6.42. The van der Waals surface area contributed by atoms with Crippen molar-refractivity contribution in [3.05, 3.63) is 83.7 Å². The predicted octanol–water partition coefficient (Wildman–Crippen LogP) is 2.28. The van der Waals surface area contributed by atoms with Crippen LogP contribution in [0.5, 0.6) is 0 Å². The molecule has 0 bridgehead atoms. The monoisotopic (exact) mass is 332 g/mol. The van der Waals surface area contributed by atoms with E-state index in [0.29, 0.717) is 13.0 Å². The molecule has 0 saturated carbocycles. The van der Waals surface area contributed by atoms with Crippen LogP contribution in [-0.4, -0.2) is 26.6 Å². The SMILES string of the molecule is NC(=O)[C@H]1Cc2ccccc2CN1Cc1cnn(-c2ccccc2)c1. The normalized spacial score (nSPS) is 17.2. The highest BCUT2D eigenvalue weighted by atomic mass is 16.1. The molecule has 2 heterocycles. The van der Waals surface area contributed by atoms with Crippen LogP contribution in [0.2, 0.25) is 0 Å². The molecule has 0 fully saturated rings. The van der Waals surface area contributed by atoms with Crippen molar-refractivity contribution >= 4 is 5.91 Å². The third-order valence-corrected chi connectivity index (χ3v) is 4.72. The van der Waals surface area contributed by atoms with Crippen LogP contribution in [0.25, 0.3) is 5.69 Å². The molecule has 1 aromatic heterocycles. The van der Waals surface area contributed by atoms with Gasteiger partial charge in [0.25, 0.3) is 0 Å². The Hall–Kier alpha value is -2.92. The molecule has 0 spiro atoms. The van der Waals surface area contributed by atoms with Gasteiger partial charge < -0.3 is 5.73 Å². The molecule has 3 aromatic rings. The molecule has 0 radical (unpaired) electrons. The second-order valence-corrected chi connectivity index (χ2v) is 6.42. The topological polar surface area (TPSA) is 64.2 Å². The minimum absolute atomic E-state index is 0.273. The molecule has 25 heavy (non-hydrogen) atoms. The van der Waals surface area contributed by atoms with E-state index in [9.17, 15) is 4.79 Å². The maximum Gasteiger partial charge on any atom is 0.235 e. The van der Waals surface area contributed by atoms with E-state index in [1.54, 1.807) is 0 Å². The number of hydrogen-bond donors (Lipinski definition) is 1. The van der Waals surface area contributed by atoms with Crippen molar-refractivity contribution in [3.8, 4) is 5.69 Å². The summed E-state index contributed by atoms with van der Waals surface area (Å²) in [5.74, 6) is -0.273. The first-order chi connectivity index (χ1) is 12.2. The molecular weight excluding hydrogens is 312 g/mol. The maximum absolute atomic E-state index is 12.0. The van der Waals surface area contributed by atoms with Crippen molar-refractivity contribution in [3.63, 3.8) is 0 Å². The highest BCUT2D eigenvalue weighted by molar-refractivity contribution is 5.80. The molecule has 5 nitrogen and oxygen atoms in total. The molecule has 126 valence electrons. The van der Waals surface area contributed by atoms with E-state index < -0.39 is 0 Å². The molecule has 1 aliphatic heterocycles. The van der Waals surface area contributed by atoms with Gasteiger partial charge in [-0.1, -0.05) is 42.5 Å². The zero-order chi connectivity index (χ0) is 17.2. The second kappa shape index (κ2) is 6.53. The van der Waals surface area contributed by atoms with Gasteiger partial charge in [-0.2, -0.15) is 5.10 Å². The van der Waals surface area contributed by atoms with Crippen LogP contribution >= 0.6 is 0 Å². The summed E-state index contributed by atoms with van der Waals surface area (Å²) in [6, 6.07) is 17.9. The molecule has 4 rings (SSSR count). The summed E-state index contributed by atoms with van der Waals surface area (Å²) in [6.45, 7) is 1.37. The lowest BCUT2D eigenvalue weighted by molar-refractivity contribution is -0.124. The Morgan fingerprint density at radius 2 is 1.80 bits per heavy atom. The first-order valence-electron chi connectivity index (χ1n) is 8.40. The summed E-state index contributed by atoms with van der Waals surface area (Å²) in [6.07, 6.45) is 4.53. The van der Waals surface area contributed by atoms with Gasteiger partial charge in [-0.3, -0.25) is 9.69 Å². The van der Waals surface area contributed by atoms with Gasteiger partial charge >= 0.3 is 0 Å². The van der Waals surface area contributed by atoms with Crippen LogP contribution < -0.4 is 5.73 Å². The van der Waals surface area contributed by atoms with Crippen LogP contribution in [0.3, 0.4) is 0 Å². The number of hydrogen-bond acceptors (Lipinski definition) is 3. The molecule has 5 heteroatoms. The van der Waals surface area contributed by atoms with Crippen molar-refractivity contribution in [1.29, 1.82) is 0 Å². The van der Waals surface area contributed by atoms with Crippen molar-refractivity contribution in [2.75, 3.05) is 0 Å². The lowest BCUT2D eigenvalue weighted by Crippen LogP contribution is -2.48. The summed E-state index contributed by atoms with van der Waals surface area (Å²) < 4.78 is 1.85. The summed E-state index contributed by atoms with van der Waals surface area (Å²) in [5.41, 5.74) is 10.2. The molecule has 1 atom stereocenters. The van der Waals surface area contributed by atoms with Crippen molar-refractivity contribution in [2.45, 2.75) is 25.6 Å². The minimum atomic E-state index is -0.282. The number of rotatable bonds is 4. The predicted molar refractivity (Wildman–Crippen MR) is 95.9 cm³/mol. The number of nitrogens with zero attached hydrogens (tertiary/aromatic N) is 3. The van der Waals surface area contributed by atoms with E-state index in [0.717, 1.165) is 17.8 Å². The molecule has 2 aromatic carbocycles. The molecule has 0 aliphatic carbocycles. The van der Waals surface area contributed by atoms with E-state index in [4.69, 9.17) is 5.73 Å². The minimum Gasteiger partial charge on any atom is -0.368 e. The lowest BCUT2D eigenvalue weighted by atomic mass is 9.93. The highest BCUT2D eigenvalue weighted by Gasteiger charge is 2.30. The number of carbonyl (C=O) groups excluding carboxylic acids is 1. The van der Waals surface area contributed by atoms with Gasteiger partial charge in [0.1, 0.15) is 0 Å². The maximum atomic E-state index is 12.0. The average molecular weight is 332 g/mol. The number of aromatic nitrogens is 2. The zero-order valence-electron chi connectivity index (χ0n) is 13.9. The van der Waals surface area contributed by atoms with E-state index in [-0.39, 0.29) is 11.9 Å². The fourth-order valence-corrected chi connectivity index (χ4v) is 3.42. The van der Waals surface area contributed by atoms with Gasteiger partial charge in [0.15, 0.2) is 0 Å². The molecule has 0 saturated heterocycles. The van der Waals surface area contributed by atoms with Gasteiger partial charge in [-0.25, -0.2) is 4.68 Å². The van der Waals surface area contributed by atoms with Crippen LogP contribution in [0.4, 0.5) is 0 Å². The summed E-state index contributed by atoms with van der Waals surface area (Å²) in [5, 5.41) is 4.44. The Morgan fingerprint density at radius 3 is 2.56 bits per heavy atom. The number of primary amides is 1. The first-order valence-corrected chi connectivity index (χ1v) is 8.40. The third-order valence-electron chi connectivity index (χ3n) is 4.72. The number of amides is 1. The fraction of sp³-hybridized carbons (Fsp3) is 0.200. The number of carbonyl (C=O) groups is 1. The quantitative estimate of drug-likeness (QED) is 0.797. The number of nitrogens with two attached hydrogens (primary N) is 1. The Labute approximate surface area is 146 Å². The van der Waals surface area contributed by atoms with E-state index in [1.165, 1.54) is 11.1 Å². The van der Waals surface area contributed by atoms with Gasteiger partial charge in [-0.05, 0) is 29.7 Å². The number of para-hydroxylation sites is 1. The van der Waals surface area contributed by atoms with E-state index >= 15 is 0 Å². The van der Waals surface area contributed by atoms with Gasteiger partial charge in [0, 0.05) is 24.8 Å². The van der Waals surface area contributed by atoms with Gasteiger partial charge in [-0.15, -0.1) is 0 Å². The first kappa shape index (κ1) is 15.6. The van der Waals surface area contributed by atoms with E-state index in [2.05, 4.69) is 22.1 Å². The van der Waals surface area contributed by atoms with E-state index in [1.807, 2.05) is 59.5 Å². The van der Waals surface area contributed by atoms with Crippen molar-refractivity contribution < 1.29 is 4.79 Å². The van der Waals surface area contributed by atoms with Crippen LogP contribution in [-0.2, 0) is 24.3 Å². The van der Waals surface area contributed by atoms with Gasteiger partial charge in [0.2, 0.25) is 5.91 Å². The van der Waals surface area contributed by atoms with Crippen LogP contribution in [0.15, 0.2) is 67.0 Å². The molecular formula is C20H20N4O. The van der Waals surface area contributed by atoms with Crippen molar-refractivity contribution in [1.82, 2.24) is 14.7 Å². The van der Waals surface area contributed by atoms with Crippen molar-refractivity contribution in [2.24, 2.45) is 5.73 Å². The zero-order valence-corrected chi connectivity index (χ0v) is 13.9. The molecule has 1 aliphatic rings. The molecule has 1 amide bonds. The smallest absolute Gasteiger partial charge is 0.235 e. The number of benzene rings is 2. The highest BCUT2D eigenvalue weighted by Crippen LogP contribution is 2.25. The largest absolute Gasteiger partial charge is 0.368 e. The Morgan fingerprint density at radius 1 is 1.08 bits per heavy atom. The standard InChI is InChI=1S/C20H20N4O/c21-20(25)19-10-16-6-4-5-7-17(16)14-23(19)12-15-11-22-24(13-15)18-8-2-1-3-9-18/h1-9,11,13,19H,10,12,14H2,(H2,21,25)/t19-/m1/s1. The molecule has 0 unspecified atom stereocenters. The number of fused-ring (bicyclic) bond motifs is 1. The van der Waals surface area contributed by atoms with Crippen LogP contribution in [0, 0.1) is 0 Å². The van der Waals surface area contributed by atoms with Crippen LogP contribution in [0.1, 0.15) is 16.7 Å². The average Bonchev–Trinajstić information content (AvgIpc) is 3.10. The Bertz CT molecular complexity index is 887. The Kier molecular flexibility index (Phi) is 4.07. The summed E-state index contributed by atoms with van der Waals surface area (Å²) >= 11 is 0. The third kappa shape index (κ3) is 3.19. The summed E-state index contributed by atoms with van der Waals surface area (Å²) in [7, 11) is 0. The lowest BCUT2D eigenvalue weighted by Gasteiger charge is -2.34. The summed E-state index contributed by atoms with van der Waals surface area (Å²) in [4.78, 5) is 14.1. The molecule has 2 N–H and O–H groups in total. The Balaban J connectivity index is 1.57. The fourth-order valence-electron chi connectivity index (χ4n) is 3.42.